The number of ether oxygens (including phenoxy) is 1. The third-order valence-electron chi connectivity index (χ3n) is 2.81. The minimum absolute atomic E-state index is 0.213. The Morgan fingerprint density at radius 3 is 2.10 bits per heavy atom. The number of rotatable bonds is 3. The van der Waals surface area contributed by atoms with E-state index in [0.717, 1.165) is 0 Å². The highest BCUT2D eigenvalue weighted by atomic mass is 16.5. The van der Waals surface area contributed by atoms with E-state index in [1.807, 2.05) is 0 Å². The predicted octanol–water partition coefficient (Wildman–Crippen LogP) is 2.14. The lowest BCUT2D eigenvalue weighted by atomic mass is 10.1. The van der Waals surface area contributed by atoms with Gasteiger partial charge in [-0.1, -0.05) is 6.07 Å². The Hall–Kier alpha value is -3.02. The van der Waals surface area contributed by atoms with Crippen LogP contribution in [0.2, 0.25) is 0 Å². The lowest BCUT2D eigenvalue weighted by molar-refractivity contribution is 0.0600. The molecule has 0 radical (unpaired) electrons. The van der Waals surface area contributed by atoms with Crippen LogP contribution in [0.25, 0.3) is 0 Å². The number of amides is 1. The summed E-state index contributed by atoms with van der Waals surface area (Å²) in [7, 11) is 1.28. The van der Waals surface area contributed by atoms with Crippen molar-refractivity contribution < 1.29 is 24.5 Å². The first-order valence-corrected chi connectivity index (χ1v) is 6.03. The van der Waals surface area contributed by atoms with Crippen molar-refractivity contribution in [1.29, 1.82) is 0 Å². The van der Waals surface area contributed by atoms with E-state index < -0.39 is 11.9 Å². The van der Waals surface area contributed by atoms with Gasteiger partial charge in [-0.2, -0.15) is 0 Å². The molecule has 2 aromatic rings. The van der Waals surface area contributed by atoms with Crippen LogP contribution in [-0.4, -0.2) is 29.2 Å². The number of methoxy groups -OCH3 is 1. The van der Waals surface area contributed by atoms with Gasteiger partial charge < -0.3 is 20.3 Å². The number of carbonyl (C=O) groups excluding carboxylic acids is 2. The van der Waals surface area contributed by atoms with Crippen LogP contribution in [-0.2, 0) is 4.74 Å². The van der Waals surface area contributed by atoms with Gasteiger partial charge in [0.2, 0.25) is 0 Å². The first-order valence-electron chi connectivity index (χ1n) is 6.03. The van der Waals surface area contributed by atoms with E-state index in [1.165, 1.54) is 49.6 Å². The van der Waals surface area contributed by atoms with Crippen LogP contribution in [0.15, 0.2) is 42.5 Å². The van der Waals surface area contributed by atoms with Gasteiger partial charge in [0.25, 0.3) is 5.91 Å². The summed E-state index contributed by atoms with van der Waals surface area (Å²) in [4.78, 5) is 23.3. The Balaban J connectivity index is 2.18. The zero-order valence-corrected chi connectivity index (χ0v) is 11.2. The fourth-order valence-electron chi connectivity index (χ4n) is 1.76. The quantitative estimate of drug-likeness (QED) is 0.752. The molecule has 0 aliphatic carbocycles. The third kappa shape index (κ3) is 3.11. The molecule has 6 nitrogen and oxygen atoms in total. The highest BCUT2D eigenvalue weighted by molar-refractivity contribution is 6.08. The van der Waals surface area contributed by atoms with E-state index in [2.05, 4.69) is 10.1 Å². The van der Waals surface area contributed by atoms with Crippen molar-refractivity contribution in [3.8, 4) is 11.5 Å². The molecule has 0 spiro atoms. The fourth-order valence-corrected chi connectivity index (χ4v) is 1.76. The lowest BCUT2D eigenvalue weighted by Crippen LogP contribution is -2.12. The largest absolute Gasteiger partial charge is 0.507 e. The molecular weight excluding hydrogens is 274 g/mol. The second kappa shape index (κ2) is 5.96. The molecule has 0 aliphatic rings. The van der Waals surface area contributed by atoms with E-state index >= 15 is 0 Å². The predicted molar refractivity (Wildman–Crippen MR) is 75.5 cm³/mol. The van der Waals surface area contributed by atoms with Gasteiger partial charge >= 0.3 is 5.97 Å². The van der Waals surface area contributed by atoms with E-state index in [-0.39, 0.29) is 17.1 Å². The van der Waals surface area contributed by atoms with Crippen molar-refractivity contribution in [3.05, 3.63) is 53.6 Å². The standard InChI is InChI=1S/C15H13NO5/c1-21-15(20)9-5-7-10(8-6-9)16-14(19)13-11(17)3-2-4-12(13)18/h2-8,17-18H,1H3,(H,16,19). The molecule has 2 aromatic carbocycles. The van der Waals surface area contributed by atoms with Crippen LogP contribution in [0.3, 0.4) is 0 Å². The van der Waals surface area contributed by atoms with E-state index in [1.54, 1.807) is 0 Å². The second-order valence-electron chi connectivity index (χ2n) is 4.19. The van der Waals surface area contributed by atoms with E-state index in [4.69, 9.17) is 0 Å². The molecule has 21 heavy (non-hydrogen) atoms. The maximum Gasteiger partial charge on any atom is 0.337 e. The smallest absolute Gasteiger partial charge is 0.337 e. The van der Waals surface area contributed by atoms with Crippen LogP contribution < -0.4 is 5.32 Å². The summed E-state index contributed by atoms with van der Waals surface area (Å²) < 4.78 is 4.57. The van der Waals surface area contributed by atoms with Crippen molar-refractivity contribution in [1.82, 2.24) is 0 Å². The van der Waals surface area contributed by atoms with Gasteiger partial charge in [0.1, 0.15) is 17.1 Å². The SMILES string of the molecule is COC(=O)c1ccc(NC(=O)c2c(O)cccc2O)cc1. The van der Waals surface area contributed by atoms with Gasteiger partial charge in [0, 0.05) is 5.69 Å². The molecule has 108 valence electrons. The first kappa shape index (κ1) is 14.4. The summed E-state index contributed by atoms with van der Waals surface area (Å²) in [5, 5.41) is 21.7. The van der Waals surface area contributed by atoms with Crippen molar-refractivity contribution in [2.24, 2.45) is 0 Å². The normalized spacial score (nSPS) is 9.95. The maximum absolute atomic E-state index is 12.0. The molecule has 0 bridgehead atoms. The average molecular weight is 287 g/mol. The van der Waals surface area contributed by atoms with Gasteiger partial charge in [-0.25, -0.2) is 4.79 Å². The molecule has 0 heterocycles. The van der Waals surface area contributed by atoms with Crippen LogP contribution in [0, 0.1) is 0 Å². The second-order valence-corrected chi connectivity index (χ2v) is 4.19. The van der Waals surface area contributed by atoms with Crippen LogP contribution in [0.5, 0.6) is 11.5 Å². The number of nitrogens with one attached hydrogen (secondary N) is 1. The summed E-state index contributed by atoms with van der Waals surface area (Å²) in [5.74, 6) is -1.78. The molecule has 0 saturated heterocycles. The van der Waals surface area contributed by atoms with Gasteiger partial charge in [0.15, 0.2) is 0 Å². The highest BCUT2D eigenvalue weighted by Crippen LogP contribution is 2.27. The molecule has 0 aromatic heterocycles. The first-order chi connectivity index (χ1) is 10.0. The van der Waals surface area contributed by atoms with Gasteiger partial charge in [0.05, 0.1) is 12.7 Å². The summed E-state index contributed by atoms with van der Waals surface area (Å²) >= 11 is 0. The minimum atomic E-state index is -0.656. The topological polar surface area (TPSA) is 95.9 Å². The number of esters is 1. The highest BCUT2D eigenvalue weighted by Gasteiger charge is 2.16. The number of benzene rings is 2. The van der Waals surface area contributed by atoms with Gasteiger partial charge in [-0.3, -0.25) is 4.79 Å². The number of phenols is 2. The Labute approximate surface area is 120 Å². The summed E-state index contributed by atoms with van der Waals surface area (Å²) in [5.41, 5.74) is 0.547. The number of anilines is 1. The van der Waals surface area contributed by atoms with Crippen LogP contribution in [0.1, 0.15) is 20.7 Å². The molecule has 0 unspecified atom stereocenters. The number of hydrogen-bond acceptors (Lipinski definition) is 5. The molecule has 2 rings (SSSR count). The van der Waals surface area contributed by atoms with Gasteiger partial charge in [-0.15, -0.1) is 0 Å². The lowest BCUT2D eigenvalue weighted by Gasteiger charge is -2.08. The average Bonchev–Trinajstić information content (AvgIpc) is 2.47. The number of phenolic OH excluding ortho intramolecular Hbond substituents is 2. The van der Waals surface area contributed by atoms with E-state index in [0.29, 0.717) is 11.3 Å². The van der Waals surface area contributed by atoms with Crippen molar-refractivity contribution in [3.63, 3.8) is 0 Å². The van der Waals surface area contributed by atoms with Crippen molar-refractivity contribution in [2.45, 2.75) is 0 Å². The number of hydrogen-bond donors (Lipinski definition) is 3. The van der Waals surface area contributed by atoms with Gasteiger partial charge in [-0.05, 0) is 36.4 Å². The Kier molecular flexibility index (Phi) is 4.08. The molecular formula is C15H13NO5. The molecule has 0 fully saturated rings. The molecule has 6 heteroatoms. The number of aromatic hydroxyl groups is 2. The third-order valence-corrected chi connectivity index (χ3v) is 2.81. The molecule has 0 saturated carbocycles. The van der Waals surface area contributed by atoms with Crippen molar-refractivity contribution >= 4 is 17.6 Å². The molecule has 1 amide bonds. The zero-order chi connectivity index (χ0) is 15.4. The molecule has 0 aliphatic heterocycles. The van der Waals surface area contributed by atoms with Crippen molar-refractivity contribution in [2.75, 3.05) is 12.4 Å². The molecule has 0 atom stereocenters. The van der Waals surface area contributed by atoms with Crippen LogP contribution >= 0.6 is 0 Å². The Bertz CT molecular complexity index is 659. The Morgan fingerprint density at radius 1 is 1.00 bits per heavy atom. The molecule has 3 N–H and O–H groups in total. The Morgan fingerprint density at radius 2 is 1.57 bits per heavy atom. The summed E-state index contributed by atoms with van der Waals surface area (Å²) in [6, 6.07) is 10.0. The zero-order valence-electron chi connectivity index (χ0n) is 11.2. The maximum atomic E-state index is 12.0. The van der Waals surface area contributed by atoms with E-state index in [9.17, 15) is 19.8 Å². The fraction of sp³-hybridized carbons (Fsp3) is 0.0667. The number of carbonyl (C=O) groups is 2. The summed E-state index contributed by atoms with van der Waals surface area (Å²) in [6.45, 7) is 0. The minimum Gasteiger partial charge on any atom is -0.507 e. The summed E-state index contributed by atoms with van der Waals surface area (Å²) in [6.07, 6.45) is 0. The monoisotopic (exact) mass is 287 g/mol. The van der Waals surface area contributed by atoms with Crippen LogP contribution in [0.4, 0.5) is 5.69 Å².